The first-order chi connectivity index (χ1) is 12.7. The minimum absolute atomic E-state index is 0.0306. The second-order valence-corrected chi connectivity index (χ2v) is 8.78. The fraction of sp³-hybridized carbons (Fsp3) is 0.444. The standard InChI is InChI=1S/C18H25N5O3S/c1-21(2)15-7-5-14(6-8-15)18(24)22-9-4-10-23-13-19-16(17(23)12-22)11-20-27(3,25)26/h5-8,13,20H,4,9-12H2,1-3H3. The molecule has 0 spiro atoms. The third-order valence-electron chi connectivity index (χ3n) is 4.62. The van der Waals surface area contributed by atoms with Crippen molar-refractivity contribution < 1.29 is 13.2 Å². The van der Waals surface area contributed by atoms with Gasteiger partial charge in [0.25, 0.3) is 5.91 Å². The van der Waals surface area contributed by atoms with E-state index < -0.39 is 10.0 Å². The molecule has 1 aromatic heterocycles. The van der Waals surface area contributed by atoms with Crippen LogP contribution in [-0.4, -0.2) is 55.7 Å². The average Bonchev–Trinajstić information content (AvgIpc) is 2.87. The summed E-state index contributed by atoms with van der Waals surface area (Å²) in [6, 6.07) is 7.53. The van der Waals surface area contributed by atoms with Gasteiger partial charge in [-0.25, -0.2) is 18.1 Å². The number of nitrogens with zero attached hydrogens (tertiary/aromatic N) is 4. The summed E-state index contributed by atoms with van der Waals surface area (Å²) < 4.78 is 27.2. The number of sulfonamides is 1. The van der Waals surface area contributed by atoms with E-state index >= 15 is 0 Å². The van der Waals surface area contributed by atoms with Gasteiger partial charge in [-0.05, 0) is 30.7 Å². The summed E-state index contributed by atoms with van der Waals surface area (Å²) in [6.07, 6.45) is 3.66. The topological polar surface area (TPSA) is 87.5 Å². The van der Waals surface area contributed by atoms with Crippen LogP contribution < -0.4 is 9.62 Å². The molecule has 0 aliphatic carbocycles. The number of aryl methyl sites for hydroxylation is 1. The monoisotopic (exact) mass is 391 g/mol. The van der Waals surface area contributed by atoms with Crippen LogP contribution in [0.4, 0.5) is 5.69 Å². The van der Waals surface area contributed by atoms with Crippen LogP contribution in [0.25, 0.3) is 0 Å². The average molecular weight is 391 g/mol. The zero-order chi connectivity index (χ0) is 19.6. The van der Waals surface area contributed by atoms with Crippen molar-refractivity contribution in [1.82, 2.24) is 19.2 Å². The molecule has 1 N–H and O–H groups in total. The van der Waals surface area contributed by atoms with E-state index in [1.807, 2.05) is 47.8 Å². The molecule has 1 aromatic carbocycles. The lowest BCUT2D eigenvalue weighted by molar-refractivity contribution is 0.0745. The van der Waals surface area contributed by atoms with Crippen LogP contribution in [0.1, 0.15) is 28.2 Å². The molecule has 0 radical (unpaired) electrons. The smallest absolute Gasteiger partial charge is 0.254 e. The summed E-state index contributed by atoms with van der Waals surface area (Å²) in [5.41, 5.74) is 3.21. The van der Waals surface area contributed by atoms with Crippen molar-refractivity contribution in [3.8, 4) is 0 Å². The van der Waals surface area contributed by atoms with Crippen molar-refractivity contribution >= 4 is 21.6 Å². The Bertz CT molecular complexity index is 919. The number of benzene rings is 1. The lowest BCUT2D eigenvalue weighted by Crippen LogP contribution is -2.31. The molecular formula is C18H25N5O3S. The number of amides is 1. The number of hydrogen-bond acceptors (Lipinski definition) is 5. The zero-order valence-electron chi connectivity index (χ0n) is 15.8. The molecule has 0 bridgehead atoms. The van der Waals surface area contributed by atoms with Gasteiger partial charge >= 0.3 is 0 Å². The van der Waals surface area contributed by atoms with E-state index in [4.69, 9.17) is 0 Å². The number of fused-ring (bicyclic) bond motifs is 1. The van der Waals surface area contributed by atoms with Crippen LogP contribution in [-0.2, 0) is 29.7 Å². The van der Waals surface area contributed by atoms with Gasteiger partial charge in [-0.1, -0.05) is 0 Å². The first-order valence-electron chi connectivity index (χ1n) is 8.79. The minimum Gasteiger partial charge on any atom is -0.378 e. The van der Waals surface area contributed by atoms with Gasteiger partial charge in [-0.2, -0.15) is 0 Å². The number of carbonyl (C=O) groups excluding carboxylic acids is 1. The van der Waals surface area contributed by atoms with Gasteiger partial charge in [0.1, 0.15) is 0 Å². The Labute approximate surface area is 159 Å². The quantitative estimate of drug-likeness (QED) is 0.823. The number of aromatic nitrogens is 2. The molecule has 0 unspecified atom stereocenters. The van der Waals surface area contributed by atoms with Crippen LogP contribution in [0.3, 0.4) is 0 Å². The van der Waals surface area contributed by atoms with Gasteiger partial charge in [0.2, 0.25) is 10.0 Å². The van der Waals surface area contributed by atoms with E-state index in [0.29, 0.717) is 24.3 Å². The summed E-state index contributed by atoms with van der Waals surface area (Å²) in [4.78, 5) is 21.1. The number of anilines is 1. The number of nitrogens with one attached hydrogen (secondary N) is 1. The van der Waals surface area contributed by atoms with Crippen LogP contribution in [0, 0.1) is 0 Å². The lowest BCUT2D eigenvalue weighted by Gasteiger charge is -2.21. The Balaban J connectivity index is 1.79. The Morgan fingerprint density at radius 1 is 1.22 bits per heavy atom. The van der Waals surface area contributed by atoms with Crippen LogP contribution in [0.2, 0.25) is 0 Å². The first-order valence-corrected chi connectivity index (χ1v) is 10.7. The molecule has 9 heteroatoms. The second-order valence-electron chi connectivity index (χ2n) is 6.95. The summed E-state index contributed by atoms with van der Waals surface area (Å²) in [6.45, 7) is 1.94. The summed E-state index contributed by atoms with van der Waals surface area (Å²) >= 11 is 0. The number of carbonyl (C=O) groups is 1. The van der Waals surface area contributed by atoms with Gasteiger partial charge in [0, 0.05) is 38.4 Å². The Morgan fingerprint density at radius 3 is 2.56 bits per heavy atom. The highest BCUT2D eigenvalue weighted by Crippen LogP contribution is 2.20. The number of imidazole rings is 1. The van der Waals surface area contributed by atoms with Crippen molar-refractivity contribution in [2.24, 2.45) is 0 Å². The Kier molecular flexibility index (Phi) is 5.52. The number of rotatable bonds is 5. The summed E-state index contributed by atoms with van der Waals surface area (Å²) in [5, 5.41) is 0. The lowest BCUT2D eigenvalue weighted by atomic mass is 10.1. The van der Waals surface area contributed by atoms with E-state index in [1.165, 1.54) is 0 Å². The highest BCUT2D eigenvalue weighted by Gasteiger charge is 2.23. The van der Waals surface area contributed by atoms with Crippen molar-refractivity contribution in [2.45, 2.75) is 26.1 Å². The summed E-state index contributed by atoms with van der Waals surface area (Å²) in [7, 11) is 0.611. The normalized spacial score (nSPS) is 14.6. The van der Waals surface area contributed by atoms with Crippen molar-refractivity contribution in [2.75, 3.05) is 31.8 Å². The van der Waals surface area contributed by atoms with E-state index in [0.717, 1.165) is 30.6 Å². The molecule has 0 fully saturated rings. The van der Waals surface area contributed by atoms with Crippen LogP contribution >= 0.6 is 0 Å². The molecule has 146 valence electrons. The molecule has 0 saturated carbocycles. The first kappa shape index (κ1) is 19.4. The highest BCUT2D eigenvalue weighted by atomic mass is 32.2. The molecule has 27 heavy (non-hydrogen) atoms. The molecule has 2 aromatic rings. The predicted molar refractivity (Wildman–Crippen MR) is 104 cm³/mol. The molecule has 0 atom stereocenters. The minimum atomic E-state index is -3.30. The molecular weight excluding hydrogens is 366 g/mol. The van der Waals surface area contributed by atoms with Crippen LogP contribution in [0.15, 0.2) is 30.6 Å². The zero-order valence-corrected chi connectivity index (χ0v) is 16.7. The van der Waals surface area contributed by atoms with E-state index in [1.54, 1.807) is 11.2 Å². The SMILES string of the molecule is CN(C)c1ccc(C(=O)N2CCCn3cnc(CNS(C)(=O)=O)c3C2)cc1. The number of hydrogen-bond donors (Lipinski definition) is 1. The van der Waals surface area contributed by atoms with Gasteiger partial charge < -0.3 is 14.4 Å². The van der Waals surface area contributed by atoms with Crippen molar-refractivity contribution in [1.29, 1.82) is 0 Å². The van der Waals surface area contributed by atoms with E-state index in [9.17, 15) is 13.2 Å². The maximum Gasteiger partial charge on any atom is 0.254 e. The van der Waals surface area contributed by atoms with Crippen LogP contribution in [0.5, 0.6) is 0 Å². The maximum atomic E-state index is 13.0. The molecule has 3 rings (SSSR count). The Morgan fingerprint density at radius 2 is 1.93 bits per heavy atom. The Hall–Kier alpha value is -2.39. The second kappa shape index (κ2) is 7.69. The van der Waals surface area contributed by atoms with Gasteiger partial charge in [-0.3, -0.25) is 4.79 Å². The molecule has 1 aliphatic rings. The molecule has 1 aliphatic heterocycles. The predicted octanol–water partition coefficient (Wildman–Crippen LogP) is 1.04. The van der Waals surface area contributed by atoms with Gasteiger partial charge in [0.05, 0.1) is 37.1 Å². The van der Waals surface area contributed by atoms with Gasteiger partial charge in [-0.15, -0.1) is 0 Å². The largest absolute Gasteiger partial charge is 0.378 e. The fourth-order valence-corrected chi connectivity index (χ4v) is 3.52. The highest BCUT2D eigenvalue weighted by molar-refractivity contribution is 7.88. The van der Waals surface area contributed by atoms with E-state index in [2.05, 4.69) is 9.71 Å². The molecule has 0 saturated heterocycles. The van der Waals surface area contributed by atoms with E-state index in [-0.39, 0.29) is 12.5 Å². The summed E-state index contributed by atoms with van der Waals surface area (Å²) in [5.74, 6) is -0.0306. The molecule has 8 nitrogen and oxygen atoms in total. The molecule has 2 heterocycles. The maximum absolute atomic E-state index is 13.0. The third-order valence-corrected chi connectivity index (χ3v) is 5.29. The van der Waals surface area contributed by atoms with Crippen molar-refractivity contribution in [3.05, 3.63) is 47.5 Å². The third kappa shape index (κ3) is 4.67. The molecule has 1 amide bonds. The van der Waals surface area contributed by atoms with Crippen molar-refractivity contribution in [3.63, 3.8) is 0 Å². The fourth-order valence-electron chi connectivity index (χ4n) is 3.12. The van der Waals surface area contributed by atoms with Gasteiger partial charge in [0.15, 0.2) is 0 Å².